The van der Waals surface area contributed by atoms with Crippen LogP contribution in [0, 0.1) is 12.7 Å². The van der Waals surface area contributed by atoms with Crippen LogP contribution in [0.4, 0.5) is 4.39 Å². The van der Waals surface area contributed by atoms with Crippen molar-refractivity contribution in [3.05, 3.63) is 58.6 Å². The van der Waals surface area contributed by atoms with Crippen LogP contribution in [0.25, 0.3) is 10.2 Å². The number of sulfonamides is 1. The van der Waals surface area contributed by atoms with Crippen molar-refractivity contribution >= 4 is 37.5 Å². The van der Waals surface area contributed by atoms with Gasteiger partial charge in [0.05, 0.1) is 22.2 Å². The molecule has 0 amide bonds. The molecule has 0 bridgehead atoms. The number of esters is 1. The number of rotatable bonds is 4. The number of nitrogens with zero attached hydrogens (tertiary/aromatic N) is 2. The van der Waals surface area contributed by atoms with Gasteiger partial charge in [-0.3, -0.25) is 4.79 Å². The zero-order chi connectivity index (χ0) is 18.9. The molecule has 0 aliphatic heterocycles. The molecule has 0 N–H and O–H groups in total. The van der Waals surface area contributed by atoms with Crippen LogP contribution >= 0.6 is 11.3 Å². The molecule has 0 fully saturated rings. The van der Waals surface area contributed by atoms with Crippen molar-refractivity contribution in [2.75, 3.05) is 7.11 Å². The van der Waals surface area contributed by atoms with E-state index < -0.39 is 21.8 Å². The average molecular weight is 394 g/mol. The number of para-hydroxylation sites is 1. The lowest BCUT2D eigenvalue weighted by Crippen LogP contribution is -2.23. The predicted molar refractivity (Wildman–Crippen MR) is 95.7 cm³/mol. The summed E-state index contributed by atoms with van der Waals surface area (Å²) in [4.78, 5) is 11.7. The highest BCUT2D eigenvalue weighted by Gasteiger charge is 2.18. The molecule has 0 atom stereocenters. The fourth-order valence-corrected chi connectivity index (χ4v) is 4.61. The molecule has 0 radical (unpaired) electrons. The highest BCUT2D eigenvalue weighted by molar-refractivity contribution is 7.90. The summed E-state index contributed by atoms with van der Waals surface area (Å²) < 4.78 is 49.6. The van der Waals surface area contributed by atoms with Crippen LogP contribution < -0.4 is 4.80 Å². The molecule has 1 aromatic heterocycles. The summed E-state index contributed by atoms with van der Waals surface area (Å²) in [5.74, 6) is -1.21. The molecule has 0 saturated carbocycles. The molecule has 1 heterocycles. The van der Waals surface area contributed by atoms with Crippen LogP contribution in [0.5, 0.6) is 0 Å². The van der Waals surface area contributed by atoms with Gasteiger partial charge in [0.25, 0.3) is 10.0 Å². The van der Waals surface area contributed by atoms with E-state index in [4.69, 9.17) is 0 Å². The number of hydrogen-bond donors (Lipinski definition) is 0. The lowest BCUT2D eigenvalue weighted by atomic mass is 10.2. The number of carbonyl (C=O) groups excluding carboxylic acids is 1. The summed E-state index contributed by atoms with van der Waals surface area (Å²) in [5, 5.41) is 0. The Kier molecular flexibility index (Phi) is 4.92. The van der Waals surface area contributed by atoms with Crippen molar-refractivity contribution in [2.45, 2.75) is 18.4 Å². The summed E-state index contributed by atoms with van der Waals surface area (Å²) in [6.07, 6.45) is 0. The Morgan fingerprint density at radius 1 is 1.23 bits per heavy atom. The Bertz CT molecular complexity index is 1150. The fourth-order valence-electron chi connectivity index (χ4n) is 2.36. The van der Waals surface area contributed by atoms with Gasteiger partial charge in [-0.05, 0) is 31.2 Å². The van der Waals surface area contributed by atoms with Crippen LogP contribution in [0.1, 0.15) is 5.56 Å². The van der Waals surface area contributed by atoms with E-state index in [9.17, 15) is 17.6 Å². The zero-order valence-electron chi connectivity index (χ0n) is 14.0. The molecule has 0 saturated heterocycles. The third-order valence-electron chi connectivity index (χ3n) is 3.68. The highest BCUT2D eigenvalue weighted by Crippen LogP contribution is 2.21. The van der Waals surface area contributed by atoms with Crippen molar-refractivity contribution in [3.63, 3.8) is 0 Å². The monoisotopic (exact) mass is 394 g/mol. The van der Waals surface area contributed by atoms with Crippen molar-refractivity contribution in [1.29, 1.82) is 0 Å². The van der Waals surface area contributed by atoms with E-state index in [1.54, 1.807) is 18.2 Å². The first-order chi connectivity index (χ1) is 12.3. The van der Waals surface area contributed by atoms with Crippen molar-refractivity contribution < 1.29 is 22.3 Å². The van der Waals surface area contributed by atoms with E-state index in [0.29, 0.717) is 4.70 Å². The van der Waals surface area contributed by atoms with E-state index >= 15 is 0 Å². The summed E-state index contributed by atoms with van der Waals surface area (Å²) in [5.41, 5.74) is 1.02. The molecule has 26 heavy (non-hydrogen) atoms. The average Bonchev–Trinajstić information content (AvgIpc) is 2.93. The number of fused-ring (bicyclic) bond motifs is 1. The van der Waals surface area contributed by atoms with Crippen LogP contribution in [0.3, 0.4) is 0 Å². The normalized spacial score (nSPS) is 12.5. The number of ether oxygens (including phenoxy) is 1. The van der Waals surface area contributed by atoms with E-state index in [2.05, 4.69) is 9.13 Å². The minimum Gasteiger partial charge on any atom is -0.468 e. The lowest BCUT2D eigenvalue weighted by Gasteiger charge is -2.04. The Morgan fingerprint density at radius 3 is 2.58 bits per heavy atom. The van der Waals surface area contributed by atoms with Gasteiger partial charge in [0.2, 0.25) is 4.80 Å². The maximum atomic E-state index is 14.3. The van der Waals surface area contributed by atoms with Gasteiger partial charge < -0.3 is 9.30 Å². The number of aromatic nitrogens is 1. The van der Waals surface area contributed by atoms with Crippen molar-refractivity contribution in [2.24, 2.45) is 4.40 Å². The molecule has 6 nitrogen and oxygen atoms in total. The standard InChI is InChI=1S/C17H15FN2O4S2/c1-11-6-8-12(9-7-11)26(22,23)19-17-20(10-15(21)24-2)16-13(18)4-3-5-14(16)25-17/h3-9H,10H2,1-2H3. The quantitative estimate of drug-likeness (QED) is 0.638. The Labute approximate surface area is 153 Å². The van der Waals surface area contributed by atoms with Crippen LogP contribution in [0.2, 0.25) is 0 Å². The maximum absolute atomic E-state index is 14.3. The van der Waals surface area contributed by atoms with Gasteiger partial charge in [-0.25, -0.2) is 4.39 Å². The van der Waals surface area contributed by atoms with Crippen LogP contribution in [-0.4, -0.2) is 26.1 Å². The fraction of sp³-hybridized carbons (Fsp3) is 0.176. The number of halogens is 1. The number of methoxy groups -OCH3 is 1. The van der Waals surface area contributed by atoms with Gasteiger partial charge >= 0.3 is 5.97 Å². The second kappa shape index (κ2) is 7.00. The van der Waals surface area contributed by atoms with Crippen molar-refractivity contribution in [1.82, 2.24) is 4.57 Å². The highest BCUT2D eigenvalue weighted by atomic mass is 32.2. The topological polar surface area (TPSA) is 77.7 Å². The van der Waals surface area contributed by atoms with Gasteiger partial charge in [0.1, 0.15) is 12.4 Å². The first-order valence-corrected chi connectivity index (χ1v) is 9.80. The van der Waals surface area contributed by atoms with E-state index in [0.717, 1.165) is 16.9 Å². The zero-order valence-corrected chi connectivity index (χ0v) is 15.6. The second-order valence-electron chi connectivity index (χ2n) is 5.51. The largest absolute Gasteiger partial charge is 0.468 e. The molecular weight excluding hydrogens is 379 g/mol. The van der Waals surface area contributed by atoms with E-state index in [1.807, 2.05) is 6.92 Å². The molecule has 0 aliphatic rings. The van der Waals surface area contributed by atoms with Crippen LogP contribution in [0.15, 0.2) is 51.8 Å². The van der Waals surface area contributed by atoms with Gasteiger partial charge in [-0.1, -0.05) is 35.1 Å². The number of benzene rings is 2. The number of thiazole rings is 1. The third-order valence-corrected chi connectivity index (χ3v) is 6.12. The third kappa shape index (κ3) is 3.54. The minimum absolute atomic E-state index is 0.00363. The molecular formula is C17H15FN2O4S2. The SMILES string of the molecule is COC(=O)Cn1c(=NS(=O)(=O)c2ccc(C)cc2)sc2cccc(F)c21. The molecule has 3 aromatic rings. The summed E-state index contributed by atoms with van der Waals surface area (Å²) in [6.45, 7) is 1.49. The maximum Gasteiger partial charge on any atom is 0.325 e. The smallest absolute Gasteiger partial charge is 0.325 e. The van der Waals surface area contributed by atoms with Gasteiger partial charge in [-0.15, -0.1) is 4.40 Å². The first-order valence-electron chi connectivity index (χ1n) is 7.54. The molecule has 0 spiro atoms. The Hall–Kier alpha value is -2.52. The van der Waals surface area contributed by atoms with E-state index in [1.165, 1.54) is 35.9 Å². The summed E-state index contributed by atoms with van der Waals surface area (Å²) in [7, 11) is -2.81. The Morgan fingerprint density at radius 2 is 1.92 bits per heavy atom. The van der Waals surface area contributed by atoms with Gasteiger partial charge in [-0.2, -0.15) is 8.42 Å². The first kappa shape index (κ1) is 18.3. The molecule has 0 unspecified atom stereocenters. The molecule has 2 aromatic carbocycles. The van der Waals surface area contributed by atoms with Crippen molar-refractivity contribution in [3.8, 4) is 0 Å². The van der Waals surface area contributed by atoms with Gasteiger partial charge in [0.15, 0.2) is 0 Å². The van der Waals surface area contributed by atoms with E-state index in [-0.39, 0.29) is 21.8 Å². The number of carbonyl (C=O) groups is 1. The summed E-state index contributed by atoms with van der Waals surface area (Å²) >= 11 is 0.985. The molecule has 136 valence electrons. The minimum atomic E-state index is -4.02. The molecule has 9 heteroatoms. The second-order valence-corrected chi connectivity index (χ2v) is 8.13. The molecule has 3 rings (SSSR count). The lowest BCUT2D eigenvalue weighted by molar-refractivity contribution is -0.141. The number of aryl methyl sites for hydroxylation is 1. The predicted octanol–water partition coefficient (Wildman–Crippen LogP) is 2.61. The number of hydrogen-bond acceptors (Lipinski definition) is 5. The van der Waals surface area contributed by atoms with Gasteiger partial charge in [0, 0.05) is 0 Å². The molecule has 0 aliphatic carbocycles. The summed E-state index contributed by atoms with van der Waals surface area (Å²) in [6, 6.07) is 10.6. The Balaban J connectivity index is 2.24. The van der Waals surface area contributed by atoms with Crippen LogP contribution in [-0.2, 0) is 26.1 Å².